The van der Waals surface area contributed by atoms with Gasteiger partial charge in [-0.2, -0.15) is 0 Å². The largest absolute Gasteiger partial charge is 0.491 e. The molecule has 0 unspecified atom stereocenters. The quantitative estimate of drug-likeness (QED) is 0.445. The zero-order chi connectivity index (χ0) is 15.9. The summed E-state index contributed by atoms with van der Waals surface area (Å²) in [6.07, 6.45) is 2.07. The molecule has 0 fully saturated rings. The molecule has 0 bridgehead atoms. The monoisotopic (exact) mass is 473 g/mol. The number of carbonyl (C=O) groups excluding carboxylic acids is 1. The van der Waals surface area contributed by atoms with Crippen molar-refractivity contribution in [1.82, 2.24) is 0 Å². The average Bonchev–Trinajstić information content (AvgIpc) is 2.51. The van der Waals surface area contributed by atoms with Crippen molar-refractivity contribution in [2.45, 2.75) is 19.8 Å². The van der Waals surface area contributed by atoms with Gasteiger partial charge in [0, 0.05) is 8.04 Å². The molecule has 116 valence electrons. The fourth-order valence-corrected chi connectivity index (χ4v) is 2.82. The highest BCUT2D eigenvalue weighted by atomic mass is 127. The summed E-state index contributed by atoms with van der Waals surface area (Å²) in [5.74, 6) is 0.562. The molecule has 0 aromatic heterocycles. The van der Waals surface area contributed by atoms with E-state index in [1.54, 1.807) is 0 Å². The minimum atomic E-state index is -0.141. The summed E-state index contributed by atoms with van der Waals surface area (Å²) in [6.45, 7) is 2.77. The van der Waals surface area contributed by atoms with Crippen LogP contribution in [0, 0.1) is 3.57 Å². The number of hydrogen-bond donors (Lipinski definition) is 1. The molecule has 2 rings (SSSR count). The molecule has 3 nitrogen and oxygen atoms in total. The number of rotatable bonds is 6. The Kier molecular flexibility index (Phi) is 6.70. The SMILES string of the molecule is CCCCOc1ccccc1NC(=O)c1cc(Br)ccc1I. The minimum Gasteiger partial charge on any atom is -0.491 e. The number of unbranched alkanes of at least 4 members (excludes halogenated alkanes) is 1. The highest BCUT2D eigenvalue weighted by Crippen LogP contribution is 2.26. The van der Waals surface area contributed by atoms with E-state index in [1.165, 1.54) is 0 Å². The van der Waals surface area contributed by atoms with E-state index in [4.69, 9.17) is 4.74 Å². The van der Waals surface area contributed by atoms with Crippen LogP contribution in [0.15, 0.2) is 46.9 Å². The topological polar surface area (TPSA) is 38.3 Å². The number of amides is 1. The van der Waals surface area contributed by atoms with E-state index in [1.807, 2.05) is 42.5 Å². The fourth-order valence-electron chi connectivity index (χ4n) is 1.88. The molecule has 0 aliphatic carbocycles. The molecular weight excluding hydrogens is 457 g/mol. The Labute approximate surface area is 152 Å². The third-order valence-electron chi connectivity index (χ3n) is 3.06. The van der Waals surface area contributed by atoms with Crippen LogP contribution in [0.4, 0.5) is 5.69 Å². The third kappa shape index (κ3) is 4.71. The normalized spacial score (nSPS) is 10.3. The number of ether oxygens (including phenoxy) is 1. The summed E-state index contributed by atoms with van der Waals surface area (Å²) in [5, 5.41) is 2.93. The van der Waals surface area contributed by atoms with E-state index in [0.717, 1.165) is 20.9 Å². The van der Waals surface area contributed by atoms with Crippen LogP contribution in [-0.4, -0.2) is 12.5 Å². The van der Waals surface area contributed by atoms with Gasteiger partial charge in [-0.25, -0.2) is 0 Å². The van der Waals surface area contributed by atoms with E-state index in [9.17, 15) is 4.79 Å². The van der Waals surface area contributed by atoms with Crippen molar-refractivity contribution < 1.29 is 9.53 Å². The number of benzene rings is 2. The second-order valence-electron chi connectivity index (χ2n) is 4.78. The number of halogens is 2. The van der Waals surface area contributed by atoms with Crippen LogP contribution >= 0.6 is 38.5 Å². The van der Waals surface area contributed by atoms with Crippen LogP contribution in [0.2, 0.25) is 0 Å². The molecule has 1 amide bonds. The lowest BCUT2D eigenvalue weighted by Gasteiger charge is -2.13. The highest BCUT2D eigenvalue weighted by Gasteiger charge is 2.13. The summed E-state index contributed by atoms with van der Waals surface area (Å²) in [6, 6.07) is 13.1. The van der Waals surface area contributed by atoms with Crippen LogP contribution in [0.3, 0.4) is 0 Å². The van der Waals surface area contributed by atoms with Crippen molar-refractivity contribution in [2.75, 3.05) is 11.9 Å². The number of para-hydroxylation sites is 2. The smallest absolute Gasteiger partial charge is 0.256 e. The standard InChI is InChI=1S/C17H17BrINO2/c1-2-3-10-22-16-7-5-4-6-15(16)20-17(21)13-11-12(18)8-9-14(13)19/h4-9,11H,2-3,10H2,1H3,(H,20,21). The average molecular weight is 474 g/mol. The fraction of sp³-hybridized carbons (Fsp3) is 0.235. The van der Waals surface area contributed by atoms with Crippen molar-refractivity contribution in [3.63, 3.8) is 0 Å². The molecule has 5 heteroatoms. The lowest BCUT2D eigenvalue weighted by Crippen LogP contribution is -2.14. The predicted octanol–water partition coefficient (Wildman–Crippen LogP) is 5.48. The Morgan fingerprint density at radius 2 is 2.05 bits per heavy atom. The molecule has 0 heterocycles. The lowest BCUT2D eigenvalue weighted by atomic mass is 10.2. The molecule has 0 atom stereocenters. The van der Waals surface area contributed by atoms with Crippen molar-refractivity contribution in [3.8, 4) is 5.75 Å². The van der Waals surface area contributed by atoms with Crippen LogP contribution in [0.1, 0.15) is 30.1 Å². The zero-order valence-electron chi connectivity index (χ0n) is 12.2. The first-order chi connectivity index (χ1) is 10.6. The first kappa shape index (κ1) is 17.3. The predicted molar refractivity (Wildman–Crippen MR) is 102 cm³/mol. The van der Waals surface area contributed by atoms with Crippen molar-refractivity contribution in [3.05, 3.63) is 56.1 Å². The molecular formula is C17H17BrINO2. The van der Waals surface area contributed by atoms with Gasteiger partial charge in [0.05, 0.1) is 17.9 Å². The number of carbonyl (C=O) groups is 1. The summed E-state index contributed by atoms with van der Waals surface area (Å²) >= 11 is 5.56. The Hall–Kier alpha value is -1.08. The van der Waals surface area contributed by atoms with Crippen LogP contribution in [-0.2, 0) is 0 Å². The van der Waals surface area contributed by atoms with Crippen molar-refractivity contribution in [2.24, 2.45) is 0 Å². The molecule has 0 aliphatic rings. The van der Waals surface area contributed by atoms with Crippen LogP contribution < -0.4 is 10.1 Å². The molecule has 2 aromatic rings. The van der Waals surface area contributed by atoms with Crippen molar-refractivity contribution in [1.29, 1.82) is 0 Å². The maximum absolute atomic E-state index is 12.5. The number of anilines is 1. The molecule has 2 aromatic carbocycles. The summed E-state index contributed by atoms with van der Waals surface area (Å²) in [5.41, 5.74) is 1.33. The van der Waals surface area contributed by atoms with E-state index < -0.39 is 0 Å². The summed E-state index contributed by atoms with van der Waals surface area (Å²) in [4.78, 5) is 12.5. The molecule has 0 spiro atoms. The van der Waals surface area contributed by atoms with Crippen molar-refractivity contribution >= 4 is 50.1 Å². The van der Waals surface area contributed by atoms with Gasteiger partial charge in [-0.15, -0.1) is 0 Å². The van der Waals surface area contributed by atoms with Gasteiger partial charge in [-0.1, -0.05) is 41.4 Å². The maximum Gasteiger partial charge on any atom is 0.256 e. The van der Waals surface area contributed by atoms with Gasteiger partial charge in [0.15, 0.2) is 0 Å². The van der Waals surface area contributed by atoms with E-state index in [-0.39, 0.29) is 5.91 Å². The van der Waals surface area contributed by atoms with E-state index in [0.29, 0.717) is 23.6 Å². The van der Waals surface area contributed by atoms with Gasteiger partial charge in [0.25, 0.3) is 5.91 Å². The molecule has 0 saturated carbocycles. The zero-order valence-corrected chi connectivity index (χ0v) is 16.0. The molecule has 1 N–H and O–H groups in total. The minimum absolute atomic E-state index is 0.141. The van der Waals surface area contributed by atoms with E-state index in [2.05, 4.69) is 50.8 Å². The van der Waals surface area contributed by atoms with E-state index >= 15 is 0 Å². The Bertz CT molecular complexity index is 661. The third-order valence-corrected chi connectivity index (χ3v) is 4.50. The molecule has 0 radical (unpaired) electrons. The number of nitrogens with one attached hydrogen (secondary N) is 1. The van der Waals surface area contributed by atoms with Gasteiger partial charge in [0.1, 0.15) is 5.75 Å². The Morgan fingerprint density at radius 3 is 2.82 bits per heavy atom. The van der Waals surface area contributed by atoms with Crippen LogP contribution in [0.5, 0.6) is 5.75 Å². The van der Waals surface area contributed by atoms with Gasteiger partial charge < -0.3 is 10.1 Å². The summed E-state index contributed by atoms with van der Waals surface area (Å²) in [7, 11) is 0. The van der Waals surface area contributed by atoms with Gasteiger partial charge in [-0.3, -0.25) is 4.79 Å². The van der Waals surface area contributed by atoms with Gasteiger partial charge in [-0.05, 0) is 59.3 Å². The van der Waals surface area contributed by atoms with Gasteiger partial charge in [0.2, 0.25) is 0 Å². The lowest BCUT2D eigenvalue weighted by molar-refractivity contribution is 0.102. The molecule has 0 aliphatic heterocycles. The molecule has 22 heavy (non-hydrogen) atoms. The van der Waals surface area contributed by atoms with Crippen LogP contribution in [0.25, 0.3) is 0 Å². The summed E-state index contributed by atoms with van der Waals surface area (Å²) < 4.78 is 7.53. The second kappa shape index (κ2) is 8.53. The first-order valence-corrected chi connectivity index (χ1v) is 8.97. The maximum atomic E-state index is 12.5. The molecule has 0 saturated heterocycles. The highest BCUT2D eigenvalue weighted by molar-refractivity contribution is 14.1. The Morgan fingerprint density at radius 1 is 1.27 bits per heavy atom. The van der Waals surface area contributed by atoms with Gasteiger partial charge >= 0.3 is 0 Å². The number of hydrogen-bond acceptors (Lipinski definition) is 2. The second-order valence-corrected chi connectivity index (χ2v) is 6.85. The Balaban J connectivity index is 2.16. The first-order valence-electron chi connectivity index (χ1n) is 7.10.